The molecule has 0 spiro atoms. The van der Waals surface area contributed by atoms with Crippen LogP contribution in [0, 0.1) is 0 Å². The molecule has 0 bridgehead atoms. The van der Waals surface area contributed by atoms with Gasteiger partial charge < -0.3 is 24.1 Å². The molecule has 1 aromatic carbocycles. The van der Waals surface area contributed by atoms with Crippen LogP contribution in [0.1, 0.15) is 36.5 Å². The summed E-state index contributed by atoms with van der Waals surface area (Å²) in [7, 11) is 0. The van der Waals surface area contributed by atoms with Crippen molar-refractivity contribution in [2.24, 2.45) is 0 Å². The summed E-state index contributed by atoms with van der Waals surface area (Å²) < 4.78 is 22.0. The quantitative estimate of drug-likeness (QED) is 0.691. The van der Waals surface area contributed by atoms with Gasteiger partial charge in [-0.1, -0.05) is 6.42 Å². The SMILES string of the molecule is CCOC(=O)c1ccc(OCC(O)CN2CCCCC2C2OCCO2)cc1. The molecular formula is C20H29NO6. The summed E-state index contributed by atoms with van der Waals surface area (Å²) in [6, 6.07) is 6.94. The van der Waals surface area contributed by atoms with Crippen LogP contribution in [0.15, 0.2) is 24.3 Å². The van der Waals surface area contributed by atoms with Gasteiger partial charge in [0.25, 0.3) is 0 Å². The molecule has 7 heteroatoms. The van der Waals surface area contributed by atoms with Crippen LogP contribution in [0.5, 0.6) is 5.75 Å². The molecule has 2 aliphatic heterocycles. The number of nitrogens with zero attached hydrogens (tertiary/aromatic N) is 1. The van der Waals surface area contributed by atoms with Crippen molar-refractivity contribution in [1.82, 2.24) is 4.90 Å². The summed E-state index contributed by atoms with van der Waals surface area (Å²) in [4.78, 5) is 13.9. The first-order valence-corrected chi connectivity index (χ1v) is 9.72. The van der Waals surface area contributed by atoms with Gasteiger partial charge in [-0.15, -0.1) is 0 Å². The largest absolute Gasteiger partial charge is 0.491 e. The lowest BCUT2D eigenvalue weighted by atomic mass is 10.0. The third-order valence-electron chi connectivity index (χ3n) is 4.88. The number of hydrogen-bond donors (Lipinski definition) is 1. The van der Waals surface area contributed by atoms with Crippen LogP contribution in [0.4, 0.5) is 0 Å². The maximum absolute atomic E-state index is 11.7. The lowest BCUT2D eigenvalue weighted by molar-refractivity contribution is -0.115. The molecule has 7 nitrogen and oxygen atoms in total. The molecule has 2 unspecified atom stereocenters. The number of piperidine rings is 1. The second-order valence-electron chi connectivity index (χ2n) is 6.88. The van der Waals surface area contributed by atoms with Crippen LogP contribution in [0.3, 0.4) is 0 Å². The summed E-state index contributed by atoms with van der Waals surface area (Å²) >= 11 is 0. The molecule has 2 saturated heterocycles. The number of rotatable bonds is 8. The molecule has 2 fully saturated rings. The number of likely N-dealkylation sites (tertiary alicyclic amines) is 1. The van der Waals surface area contributed by atoms with Crippen molar-refractivity contribution >= 4 is 5.97 Å². The Morgan fingerprint density at radius 3 is 2.70 bits per heavy atom. The van der Waals surface area contributed by atoms with E-state index in [0.29, 0.717) is 37.7 Å². The van der Waals surface area contributed by atoms with Crippen LogP contribution in [-0.4, -0.2) is 73.9 Å². The van der Waals surface area contributed by atoms with Crippen molar-refractivity contribution in [2.45, 2.75) is 44.6 Å². The Kier molecular flexibility index (Phi) is 7.46. The highest BCUT2D eigenvalue weighted by molar-refractivity contribution is 5.89. The molecule has 0 saturated carbocycles. The van der Waals surface area contributed by atoms with Gasteiger partial charge in [0.15, 0.2) is 6.29 Å². The average Bonchev–Trinajstić information content (AvgIpc) is 3.22. The van der Waals surface area contributed by atoms with Gasteiger partial charge in [0.1, 0.15) is 18.5 Å². The molecule has 1 aromatic rings. The molecule has 1 N–H and O–H groups in total. The van der Waals surface area contributed by atoms with E-state index in [1.165, 1.54) is 0 Å². The van der Waals surface area contributed by atoms with Gasteiger partial charge in [0.2, 0.25) is 0 Å². The van der Waals surface area contributed by atoms with E-state index >= 15 is 0 Å². The monoisotopic (exact) mass is 379 g/mol. The Labute approximate surface area is 160 Å². The van der Waals surface area contributed by atoms with Crippen molar-refractivity contribution < 1.29 is 28.8 Å². The van der Waals surface area contributed by atoms with Crippen LogP contribution in [0.25, 0.3) is 0 Å². The van der Waals surface area contributed by atoms with Crippen molar-refractivity contribution in [3.05, 3.63) is 29.8 Å². The first-order chi connectivity index (χ1) is 13.2. The van der Waals surface area contributed by atoms with E-state index in [4.69, 9.17) is 18.9 Å². The summed E-state index contributed by atoms with van der Waals surface area (Å²) in [6.07, 6.45) is 2.49. The van der Waals surface area contributed by atoms with E-state index in [9.17, 15) is 9.90 Å². The van der Waals surface area contributed by atoms with Gasteiger partial charge in [0.05, 0.1) is 31.4 Å². The average molecular weight is 379 g/mol. The summed E-state index contributed by atoms with van der Waals surface area (Å²) in [5.41, 5.74) is 0.484. The summed E-state index contributed by atoms with van der Waals surface area (Å²) in [6.45, 7) is 5.04. The number of benzene rings is 1. The molecule has 27 heavy (non-hydrogen) atoms. The zero-order chi connectivity index (χ0) is 19.1. The molecule has 0 aromatic heterocycles. The standard InChI is InChI=1S/C20H29NO6/c1-2-24-19(23)15-6-8-17(9-7-15)27-14-16(22)13-21-10-4-3-5-18(21)20-25-11-12-26-20/h6-9,16,18,20,22H,2-5,10-14H2,1H3. The third-order valence-corrected chi connectivity index (χ3v) is 4.88. The van der Waals surface area contributed by atoms with E-state index in [1.54, 1.807) is 31.2 Å². The Hall–Kier alpha value is -1.67. The van der Waals surface area contributed by atoms with E-state index in [2.05, 4.69) is 4.90 Å². The zero-order valence-corrected chi connectivity index (χ0v) is 15.8. The molecule has 0 radical (unpaired) electrons. The van der Waals surface area contributed by atoms with E-state index in [1.807, 2.05) is 0 Å². The van der Waals surface area contributed by atoms with Crippen LogP contribution < -0.4 is 4.74 Å². The molecule has 0 aliphatic carbocycles. The van der Waals surface area contributed by atoms with Crippen molar-refractivity contribution in [3.8, 4) is 5.75 Å². The van der Waals surface area contributed by atoms with Gasteiger partial charge in [-0.3, -0.25) is 4.90 Å². The minimum atomic E-state index is -0.614. The smallest absolute Gasteiger partial charge is 0.338 e. The normalized spacial score (nSPS) is 22.5. The fourth-order valence-corrected chi connectivity index (χ4v) is 3.57. The third kappa shape index (κ3) is 5.65. The van der Waals surface area contributed by atoms with Crippen LogP contribution >= 0.6 is 0 Å². The second kappa shape index (κ2) is 10.0. The highest BCUT2D eigenvalue weighted by atomic mass is 16.7. The van der Waals surface area contributed by atoms with E-state index in [0.717, 1.165) is 25.8 Å². The number of esters is 1. The van der Waals surface area contributed by atoms with Gasteiger partial charge in [-0.25, -0.2) is 4.79 Å². The molecule has 0 amide bonds. The summed E-state index contributed by atoms with van der Waals surface area (Å²) in [5, 5.41) is 10.4. The molecule has 3 rings (SSSR count). The van der Waals surface area contributed by atoms with Crippen molar-refractivity contribution in [1.29, 1.82) is 0 Å². The predicted octanol–water partition coefficient (Wildman–Crippen LogP) is 1.83. The van der Waals surface area contributed by atoms with Gasteiger partial charge in [0, 0.05) is 6.54 Å². The minimum Gasteiger partial charge on any atom is -0.491 e. The molecule has 2 heterocycles. The number of carbonyl (C=O) groups is 1. The van der Waals surface area contributed by atoms with Gasteiger partial charge in [-0.05, 0) is 50.6 Å². The van der Waals surface area contributed by atoms with Crippen molar-refractivity contribution in [3.63, 3.8) is 0 Å². The fraction of sp³-hybridized carbons (Fsp3) is 0.650. The first-order valence-electron chi connectivity index (χ1n) is 9.72. The minimum absolute atomic E-state index is 0.186. The highest BCUT2D eigenvalue weighted by Crippen LogP contribution is 2.24. The molecule has 150 valence electrons. The Balaban J connectivity index is 1.47. The highest BCUT2D eigenvalue weighted by Gasteiger charge is 2.34. The van der Waals surface area contributed by atoms with Crippen LogP contribution in [0.2, 0.25) is 0 Å². The van der Waals surface area contributed by atoms with E-state index < -0.39 is 6.10 Å². The maximum Gasteiger partial charge on any atom is 0.338 e. The van der Waals surface area contributed by atoms with Crippen molar-refractivity contribution in [2.75, 3.05) is 39.5 Å². The topological polar surface area (TPSA) is 77.5 Å². The fourth-order valence-electron chi connectivity index (χ4n) is 3.57. The van der Waals surface area contributed by atoms with Gasteiger partial charge in [-0.2, -0.15) is 0 Å². The lowest BCUT2D eigenvalue weighted by Gasteiger charge is -2.38. The maximum atomic E-state index is 11.7. The lowest BCUT2D eigenvalue weighted by Crippen LogP contribution is -2.50. The Morgan fingerprint density at radius 1 is 1.26 bits per heavy atom. The number of β-amino-alcohol motifs (C(OH)–C–C–N with tert-alkyl or cyclic N) is 1. The molecule has 2 aliphatic rings. The summed E-state index contributed by atoms with van der Waals surface area (Å²) in [5.74, 6) is 0.260. The number of aliphatic hydroxyl groups is 1. The Bertz CT molecular complexity index is 587. The molecular weight excluding hydrogens is 350 g/mol. The number of aliphatic hydroxyl groups excluding tert-OH is 1. The first kappa shape index (κ1) is 20.1. The van der Waals surface area contributed by atoms with E-state index in [-0.39, 0.29) is 24.9 Å². The van der Waals surface area contributed by atoms with Gasteiger partial charge >= 0.3 is 5.97 Å². The molecule has 2 atom stereocenters. The predicted molar refractivity (Wildman–Crippen MR) is 98.8 cm³/mol. The number of carbonyl (C=O) groups excluding carboxylic acids is 1. The second-order valence-corrected chi connectivity index (χ2v) is 6.88. The Morgan fingerprint density at radius 2 is 2.00 bits per heavy atom. The number of hydrogen-bond acceptors (Lipinski definition) is 7. The van der Waals surface area contributed by atoms with Crippen LogP contribution in [-0.2, 0) is 14.2 Å². The zero-order valence-electron chi connectivity index (χ0n) is 15.8. The number of ether oxygens (including phenoxy) is 4.